The highest BCUT2D eigenvalue weighted by Crippen LogP contribution is 2.67. The molecule has 0 amide bonds. The van der Waals surface area contributed by atoms with E-state index >= 15 is 0 Å². The van der Waals surface area contributed by atoms with Gasteiger partial charge in [-0.15, -0.1) is 0 Å². The molecule has 3 aliphatic rings. The van der Waals surface area contributed by atoms with Crippen LogP contribution in [0.4, 0.5) is 0 Å². The molecule has 3 atom stereocenters. The standard InChI is InChI=1S/C10H14O/c1-9(2)8-5-7-3-4-10(7,8)6-11-9/h3-4,7-8H,5-6H2,1-2H3/t7-,8+,10?/m1/s1. The third-order valence-corrected chi connectivity index (χ3v) is 4.00. The van der Waals surface area contributed by atoms with Gasteiger partial charge in [-0.2, -0.15) is 0 Å². The Morgan fingerprint density at radius 2 is 2.27 bits per heavy atom. The molecular weight excluding hydrogens is 136 g/mol. The third-order valence-electron chi connectivity index (χ3n) is 4.00. The van der Waals surface area contributed by atoms with Gasteiger partial charge >= 0.3 is 0 Å². The lowest BCUT2D eigenvalue weighted by Gasteiger charge is -2.56. The predicted octanol–water partition coefficient (Wildman–Crippen LogP) is 1.99. The molecule has 0 bridgehead atoms. The lowest BCUT2D eigenvalue weighted by Crippen LogP contribution is -2.55. The highest BCUT2D eigenvalue weighted by Gasteiger charge is 2.66. The molecule has 1 heteroatoms. The molecule has 11 heavy (non-hydrogen) atoms. The van der Waals surface area contributed by atoms with Crippen molar-refractivity contribution in [2.24, 2.45) is 17.3 Å². The van der Waals surface area contributed by atoms with Crippen LogP contribution in [0, 0.1) is 17.3 Å². The van der Waals surface area contributed by atoms with Crippen LogP contribution in [0.25, 0.3) is 0 Å². The van der Waals surface area contributed by atoms with Crippen LogP contribution >= 0.6 is 0 Å². The maximum Gasteiger partial charge on any atom is 0.0664 e. The summed E-state index contributed by atoms with van der Waals surface area (Å²) in [5.41, 5.74) is 0.658. The summed E-state index contributed by atoms with van der Waals surface area (Å²) in [5.74, 6) is 1.68. The predicted molar refractivity (Wildman–Crippen MR) is 43.2 cm³/mol. The Bertz CT molecular complexity index is 241. The van der Waals surface area contributed by atoms with E-state index in [0.29, 0.717) is 5.41 Å². The van der Waals surface area contributed by atoms with Crippen molar-refractivity contribution in [1.29, 1.82) is 0 Å². The van der Waals surface area contributed by atoms with Gasteiger partial charge in [0.2, 0.25) is 0 Å². The van der Waals surface area contributed by atoms with Crippen molar-refractivity contribution in [2.45, 2.75) is 25.9 Å². The van der Waals surface area contributed by atoms with Crippen molar-refractivity contribution >= 4 is 0 Å². The first-order valence-electron chi connectivity index (χ1n) is 4.48. The second kappa shape index (κ2) is 1.42. The van der Waals surface area contributed by atoms with E-state index in [4.69, 9.17) is 4.74 Å². The van der Waals surface area contributed by atoms with E-state index < -0.39 is 0 Å². The fourth-order valence-corrected chi connectivity index (χ4v) is 3.06. The molecule has 1 spiro atoms. The quantitative estimate of drug-likeness (QED) is 0.480. The number of hydrogen-bond donors (Lipinski definition) is 0. The molecule has 1 saturated heterocycles. The van der Waals surface area contributed by atoms with Crippen LogP contribution in [0.3, 0.4) is 0 Å². The van der Waals surface area contributed by atoms with Crippen LogP contribution in [0.1, 0.15) is 20.3 Å². The molecule has 3 rings (SSSR count). The zero-order valence-electron chi connectivity index (χ0n) is 7.13. The number of allylic oxidation sites excluding steroid dienone is 1. The SMILES string of the molecule is CC1(C)OCC23C=C[C@@H]2C[C@@H]13. The van der Waals surface area contributed by atoms with Crippen molar-refractivity contribution in [1.82, 2.24) is 0 Å². The van der Waals surface area contributed by atoms with Gasteiger partial charge in [0.05, 0.1) is 12.2 Å². The van der Waals surface area contributed by atoms with Gasteiger partial charge in [0.15, 0.2) is 0 Å². The highest BCUT2D eigenvalue weighted by molar-refractivity contribution is 5.32. The molecule has 2 fully saturated rings. The first-order chi connectivity index (χ1) is 5.15. The van der Waals surface area contributed by atoms with Crippen molar-refractivity contribution in [3.05, 3.63) is 12.2 Å². The summed E-state index contributed by atoms with van der Waals surface area (Å²) in [5, 5.41) is 0. The van der Waals surface area contributed by atoms with Gasteiger partial charge in [-0.1, -0.05) is 12.2 Å². The maximum atomic E-state index is 5.80. The van der Waals surface area contributed by atoms with Gasteiger partial charge in [-0.25, -0.2) is 0 Å². The lowest BCUT2D eigenvalue weighted by molar-refractivity contribution is -0.0174. The van der Waals surface area contributed by atoms with Crippen molar-refractivity contribution < 1.29 is 4.74 Å². The monoisotopic (exact) mass is 150 g/mol. The van der Waals surface area contributed by atoms with Crippen LogP contribution in [0.15, 0.2) is 12.2 Å². The normalized spacial score (nSPS) is 55.8. The largest absolute Gasteiger partial charge is 0.374 e. The summed E-state index contributed by atoms with van der Waals surface area (Å²) in [7, 11) is 0. The Morgan fingerprint density at radius 1 is 1.45 bits per heavy atom. The van der Waals surface area contributed by atoms with Crippen molar-refractivity contribution in [3.8, 4) is 0 Å². The number of rotatable bonds is 0. The van der Waals surface area contributed by atoms with Crippen LogP contribution in [-0.4, -0.2) is 12.2 Å². The minimum Gasteiger partial charge on any atom is -0.374 e. The Hall–Kier alpha value is -0.300. The highest BCUT2D eigenvalue weighted by atomic mass is 16.5. The second-order valence-corrected chi connectivity index (χ2v) is 4.76. The topological polar surface area (TPSA) is 9.23 Å². The number of ether oxygens (including phenoxy) is 1. The molecule has 1 nitrogen and oxygen atoms in total. The smallest absolute Gasteiger partial charge is 0.0664 e. The lowest BCUT2D eigenvalue weighted by atomic mass is 9.45. The van der Waals surface area contributed by atoms with Gasteiger partial charge in [-0.05, 0) is 32.1 Å². The minimum atomic E-state index is 0.154. The molecular formula is C10H14O. The van der Waals surface area contributed by atoms with Gasteiger partial charge in [0, 0.05) is 5.41 Å². The third kappa shape index (κ3) is 0.478. The molecule has 0 radical (unpaired) electrons. The summed E-state index contributed by atoms with van der Waals surface area (Å²) >= 11 is 0. The van der Waals surface area contributed by atoms with E-state index in [1.54, 1.807) is 0 Å². The fraction of sp³-hybridized carbons (Fsp3) is 0.800. The van der Waals surface area contributed by atoms with E-state index in [-0.39, 0.29) is 5.60 Å². The molecule has 0 aromatic carbocycles. The Morgan fingerprint density at radius 3 is 2.64 bits per heavy atom. The molecule has 0 aromatic heterocycles. The van der Waals surface area contributed by atoms with Gasteiger partial charge in [0.25, 0.3) is 0 Å². The molecule has 1 unspecified atom stereocenters. The summed E-state index contributed by atoms with van der Waals surface area (Å²) < 4.78 is 5.80. The molecule has 2 aliphatic carbocycles. The van der Waals surface area contributed by atoms with Crippen LogP contribution in [0.5, 0.6) is 0 Å². The van der Waals surface area contributed by atoms with E-state index in [2.05, 4.69) is 26.0 Å². The van der Waals surface area contributed by atoms with Gasteiger partial charge < -0.3 is 4.74 Å². The van der Waals surface area contributed by atoms with Crippen molar-refractivity contribution in [2.75, 3.05) is 6.61 Å². The number of hydrogen-bond acceptors (Lipinski definition) is 1. The average molecular weight is 150 g/mol. The summed E-state index contributed by atoms with van der Waals surface area (Å²) in [4.78, 5) is 0. The van der Waals surface area contributed by atoms with E-state index in [9.17, 15) is 0 Å². The first kappa shape index (κ1) is 6.24. The molecule has 1 aliphatic heterocycles. The van der Waals surface area contributed by atoms with Gasteiger partial charge in [-0.3, -0.25) is 0 Å². The Labute approximate surface area is 67.4 Å². The zero-order valence-corrected chi connectivity index (χ0v) is 7.13. The minimum absolute atomic E-state index is 0.154. The summed E-state index contributed by atoms with van der Waals surface area (Å²) in [6.07, 6.45) is 6.09. The molecule has 0 N–H and O–H groups in total. The van der Waals surface area contributed by atoms with Crippen LogP contribution in [0.2, 0.25) is 0 Å². The van der Waals surface area contributed by atoms with E-state index in [0.717, 1.165) is 18.4 Å². The molecule has 1 saturated carbocycles. The van der Waals surface area contributed by atoms with E-state index in [1.807, 2.05) is 0 Å². The Kier molecular flexibility index (Phi) is 0.809. The van der Waals surface area contributed by atoms with Crippen LogP contribution in [-0.2, 0) is 4.74 Å². The molecule has 60 valence electrons. The average Bonchev–Trinajstić information content (AvgIpc) is 2.16. The first-order valence-corrected chi connectivity index (χ1v) is 4.48. The van der Waals surface area contributed by atoms with E-state index in [1.165, 1.54) is 6.42 Å². The summed E-state index contributed by atoms with van der Waals surface area (Å²) in [6.45, 7) is 5.44. The zero-order chi connectivity index (χ0) is 7.69. The Balaban J connectivity index is 2.01. The second-order valence-electron chi connectivity index (χ2n) is 4.76. The molecule has 0 aromatic rings. The van der Waals surface area contributed by atoms with Crippen LogP contribution < -0.4 is 0 Å². The fourth-order valence-electron chi connectivity index (χ4n) is 3.06. The van der Waals surface area contributed by atoms with Gasteiger partial charge in [0.1, 0.15) is 0 Å². The molecule has 1 heterocycles. The summed E-state index contributed by atoms with van der Waals surface area (Å²) in [6, 6.07) is 0. The van der Waals surface area contributed by atoms with Crippen molar-refractivity contribution in [3.63, 3.8) is 0 Å². The maximum absolute atomic E-state index is 5.80.